The van der Waals surface area contributed by atoms with Crippen molar-refractivity contribution in [3.63, 3.8) is 0 Å². The van der Waals surface area contributed by atoms with E-state index in [9.17, 15) is 22.8 Å². The number of amides is 3. The molecule has 1 saturated heterocycles. The van der Waals surface area contributed by atoms with E-state index < -0.39 is 11.9 Å². The molecule has 3 amide bonds. The zero-order chi connectivity index (χ0) is 22.9. The smallest absolute Gasteiger partial charge is 0.433 e. The molecule has 3 aromatic heterocycles. The Hall–Kier alpha value is -3.48. The zero-order valence-electron chi connectivity index (χ0n) is 16.7. The van der Waals surface area contributed by atoms with Crippen LogP contribution >= 0.6 is 11.3 Å². The van der Waals surface area contributed by atoms with Crippen LogP contribution in [0.2, 0.25) is 0 Å². The number of nitrogens with one attached hydrogen (secondary N) is 1. The number of aryl methyl sites for hydroxylation is 1. The fourth-order valence-corrected chi connectivity index (χ4v) is 4.10. The van der Waals surface area contributed by atoms with Gasteiger partial charge in [-0.15, -0.1) is 0 Å². The van der Waals surface area contributed by atoms with Crippen LogP contribution in [0.3, 0.4) is 0 Å². The van der Waals surface area contributed by atoms with Crippen LogP contribution < -0.4 is 10.2 Å². The minimum atomic E-state index is -4.51. The van der Waals surface area contributed by atoms with Gasteiger partial charge >= 0.3 is 12.2 Å². The van der Waals surface area contributed by atoms with Gasteiger partial charge in [0.2, 0.25) is 5.89 Å². The largest absolute Gasteiger partial charge is 0.447 e. The van der Waals surface area contributed by atoms with Gasteiger partial charge in [-0.2, -0.15) is 13.2 Å². The molecule has 0 saturated carbocycles. The van der Waals surface area contributed by atoms with Gasteiger partial charge in [0.05, 0.1) is 18.4 Å². The Bertz CT molecular complexity index is 1110. The number of carbonyl (C=O) groups excluding carboxylic acids is 2. The molecule has 3 aromatic rings. The van der Waals surface area contributed by atoms with Crippen LogP contribution in [0.5, 0.6) is 0 Å². The van der Waals surface area contributed by atoms with E-state index in [-0.39, 0.29) is 25.0 Å². The summed E-state index contributed by atoms with van der Waals surface area (Å²) in [5, 5.41) is 3.06. The van der Waals surface area contributed by atoms with Gasteiger partial charge in [0.25, 0.3) is 5.91 Å². The van der Waals surface area contributed by atoms with Gasteiger partial charge in [0.1, 0.15) is 16.8 Å². The van der Waals surface area contributed by atoms with E-state index in [1.54, 1.807) is 6.92 Å². The lowest BCUT2D eigenvalue weighted by Gasteiger charge is -2.17. The van der Waals surface area contributed by atoms with Crippen LogP contribution in [0.1, 0.15) is 32.5 Å². The summed E-state index contributed by atoms with van der Waals surface area (Å²) >= 11 is 1.09. The molecule has 0 spiro atoms. The molecular formula is C19H17F3N6O3S. The first-order valence-electron chi connectivity index (χ1n) is 9.45. The second-order valence-corrected chi connectivity index (χ2v) is 7.90. The van der Waals surface area contributed by atoms with E-state index in [0.717, 1.165) is 23.6 Å². The SMILES string of the molecule is Cc1nc(N2CCN(Cc3ccc(C(F)(F)F)nc3)C2=O)sc1C(=O)NCc1ncco1. The molecule has 4 heterocycles. The summed E-state index contributed by atoms with van der Waals surface area (Å²) in [6.45, 7) is 2.62. The highest BCUT2D eigenvalue weighted by atomic mass is 32.1. The molecule has 0 atom stereocenters. The molecule has 1 fully saturated rings. The van der Waals surface area contributed by atoms with Crippen LogP contribution in [-0.4, -0.2) is 44.9 Å². The summed E-state index contributed by atoms with van der Waals surface area (Å²) in [5.41, 5.74) is -0.0225. The van der Waals surface area contributed by atoms with Crippen molar-refractivity contribution < 1.29 is 27.2 Å². The zero-order valence-corrected chi connectivity index (χ0v) is 17.5. The number of hydrogen-bond donors (Lipinski definition) is 1. The summed E-state index contributed by atoms with van der Waals surface area (Å²) in [6.07, 6.45) is -0.519. The van der Waals surface area contributed by atoms with Gasteiger partial charge in [-0.1, -0.05) is 17.4 Å². The number of carbonyl (C=O) groups is 2. The average molecular weight is 466 g/mol. The van der Waals surface area contributed by atoms with Crippen LogP contribution in [0.4, 0.5) is 23.1 Å². The first-order chi connectivity index (χ1) is 15.2. The van der Waals surface area contributed by atoms with Crippen molar-refractivity contribution in [3.8, 4) is 0 Å². The van der Waals surface area contributed by atoms with Crippen LogP contribution in [0, 0.1) is 6.92 Å². The van der Waals surface area contributed by atoms with Gasteiger partial charge in [0.15, 0.2) is 5.13 Å². The standard InChI is InChI=1S/C19H17F3N6O3S/c1-11-15(16(29)25-9-14-23-4-7-31-14)32-17(26-11)28-6-5-27(18(28)30)10-12-2-3-13(24-8-12)19(20,21)22/h2-4,7-8H,5-6,9-10H2,1H3,(H,25,29). The summed E-state index contributed by atoms with van der Waals surface area (Å²) in [4.78, 5) is 40.3. The molecule has 0 radical (unpaired) electrons. The van der Waals surface area contributed by atoms with Crippen molar-refractivity contribution in [2.24, 2.45) is 0 Å². The van der Waals surface area contributed by atoms with E-state index in [0.29, 0.717) is 40.2 Å². The van der Waals surface area contributed by atoms with E-state index in [4.69, 9.17) is 4.42 Å². The van der Waals surface area contributed by atoms with Crippen LogP contribution in [0.25, 0.3) is 0 Å². The van der Waals surface area contributed by atoms with E-state index in [1.165, 1.54) is 28.3 Å². The third kappa shape index (κ3) is 4.56. The molecule has 1 aliphatic rings. The minimum Gasteiger partial charge on any atom is -0.447 e. The summed E-state index contributed by atoms with van der Waals surface area (Å²) < 4.78 is 43.1. The number of hydrogen-bond acceptors (Lipinski definition) is 7. The first kappa shape index (κ1) is 21.7. The van der Waals surface area contributed by atoms with Crippen molar-refractivity contribution in [2.75, 3.05) is 18.0 Å². The Morgan fingerprint density at radius 3 is 2.75 bits per heavy atom. The quantitative estimate of drug-likeness (QED) is 0.598. The Labute approximate surface area is 183 Å². The van der Waals surface area contributed by atoms with Crippen molar-refractivity contribution >= 4 is 28.4 Å². The predicted molar refractivity (Wildman–Crippen MR) is 107 cm³/mol. The van der Waals surface area contributed by atoms with Gasteiger partial charge in [-0.25, -0.2) is 14.8 Å². The Balaban J connectivity index is 1.40. The number of thiazole rings is 1. The molecule has 0 unspecified atom stereocenters. The highest BCUT2D eigenvalue weighted by Crippen LogP contribution is 2.30. The number of halogens is 3. The summed E-state index contributed by atoms with van der Waals surface area (Å²) in [6, 6.07) is 1.85. The van der Waals surface area contributed by atoms with Gasteiger partial charge < -0.3 is 14.6 Å². The third-order valence-corrected chi connectivity index (χ3v) is 5.87. The molecule has 1 aliphatic heterocycles. The van der Waals surface area contributed by atoms with Crippen molar-refractivity contribution in [3.05, 3.63) is 58.5 Å². The number of pyridine rings is 1. The average Bonchev–Trinajstić information content (AvgIpc) is 3.47. The lowest BCUT2D eigenvalue weighted by Crippen LogP contribution is -2.31. The maximum atomic E-state index is 12.8. The number of aromatic nitrogens is 3. The molecule has 168 valence electrons. The highest BCUT2D eigenvalue weighted by molar-refractivity contribution is 7.17. The van der Waals surface area contributed by atoms with Gasteiger partial charge in [-0.3, -0.25) is 14.7 Å². The lowest BCUT2D eigenvalue weighted by atomic mass is 10.2. The second-order valence-electron chi connectivity index (χ2n) is 6.92. The predicted octanol–water partition coefficient (Wildman–Crippen LogP) is 3.23. The number of urea groups is 1. The Kier molecular flexibility index (Phi) is 5.82. The first-order valence-corrected chi connectivity index (χ1v) is 10.3. The Morgan fingerprint density at radius 2 is 2.09 bits per heavy atom. The summed E-state index contributed by atoms with van der Waals surface area (Å²) in [7, 11) is 0. The number of alkyl halides is 3. The monoisotopic (exact) mass is 466 g/mol. The van der Waals surface area contributed by atoms with Gasteiger partial charge in [-0.05, 0) is 18.6 Å². The molecule has 1 N–H and O–H groups in total. The number of rotatable bonds is 6. The molecule has 32 heavy (non-hydrogen) atoms. The molecule has 0 aliphatic carbocycles. The fraction of sp³-hybridized carbons (Fsp3) is 0.316. The second kappa shape index (κ2) is 8.57. The normalized spacial score (nSPS) is 14.3. The highest BCUT2D eigenvalue weighted by Gasteiger charge is 2.34. The Morgan fingerprint density at radius 1 is 1.28 bits per heavy atom. The molecule has 4 rings (SSSR count). The van der Waals surface area contributed by atoms with Crippen LogP contribution in [-0.2, 0) is 19.3 Å². The van der Waals surface area contributed by atoms with Crippen LogP contribution in [0.15, 0.2) is 35.2 Å². The third-order valence-electron chi connectivity index (χ3n) is 4.69. The number of oxazole rings is 1. The van der Waals surface area contributed by atoms with E-state index >= 15 is 0 Å². The maximum absolute atomic E-state index is 12.8. The molecule has 0 aromatic carbocycles. The molecule has 13 heteroatoms. The number of anilines is 1. The summed E-state index contributed by atoms with van der Waals surface area (Å²) in [5.74, 6) is 0.00708. The van der Waals surface area contributed by atoms with Gasteiger partial charge in [0, 0.05) is 25.8 Å². The van der Waals surface area contributed by atoms with Crippen molar-refractivity contribution in [2.45, 2.75) is 26.2 Å². The fourth-order valence-electron chi connectivity index (χ4n) is 3.10. The van der Waals surface area contributed by atoms with E-state index in [2.05, 4.69) is 20.3 Å². The minimum absolute atomic E-state index is 0.119. The van der Waals surface area contributed by atoms with Crippen molar-refractivity contribution in [1.29, 1.82) is 0 Å². The lowest BCUT2D eigenvalue weighted by molar-refractivity contribution is -0.141. The number of nitrogens with zero attached hydrogens (tertiary/aromatic N) is 5. The molecule has 9 nitrogen and oxygen atoms in total. The van der Waals surface area contributed by atoms with E-state index in [1.807, 2.05) is 0 Å². The topological polar surface area (TPSA) is 104 Å². The maximum Gasteiger partial charge on any atom is 0.433 e. The molecule has 0 bridgehead atoms. The van der Waals surface area contributed by atoms with Crippen molar-refractivity contribution in [1.82, 2.24) is 25.2 Å². The molecular weight excluding hydrogens is 449 g/mol.